The molecule has 0 spiro atoms. The maximum absolute atomic E-state index is 3.60. The van der Waals surface area contributed by atoms with Crippen LogP contribution < -0.4 is 5.32 Å². The topological polar surface area (TPSA) is 15.3 Å². The highest BCUT2D eigenvalue weighted by atomic mass is 15.2. The van der Waals surface area contributed by atoms with E-state index in [0.29, 0.717) is 6.04 Å². The molecular weight excluding hydrogens is 208 g/mol. The van der Waals surface area contributed by atoms with E-state index in [0.717, 1.165) is 6.54 Å². The fourth-order valence-corrected chi connectivity index (χ4v) is 3.27. The molecule has 2 aliphatic heterocycles. The van der Waals surface area contributed by atoms with Gasteiger partial charge in [0.2, 0.25) is 0 Å². The van der Waals surface area contributed by atoms with Crippen LogP contribution in [0.4, 0.5) is 5.69 Å². The monoisotopic (exact) mass is 230 g/mol. The van der Waals surface area contributed by atoms with Crippen LogP contribution in [-0.4, -0.2) is 24.5 Å². The van der Waals surface area contributed by atoms with Crippen molar-refractivity contribution >= 4 is 5.69 Å². The third-order valence-corrected chi connectivity index (χ3v) is 4.43. The Morgan fingerprint density at radius 1 is 1.18 bits per heavy atom. The van der Waals surface area contributed by atoms with Gasteiger partial charge in [-0.1, -0.05) is 12.1 Å². The van der Waals surface area contributed by atoms with Gasteiger partial charge in [-0.25, -0.2) is 0 Å². The summed E-state index contributed by atoms with van der Waals surface area (Å²) in [7, 11) is 0. The van der Waals surface area contributed by atoms with Gasteiger partial charge in [0.25, 0.3) is 0 Å². The van der Waals surface area contributed by atoms with Gasteiger partial charge in [-0.05, 0) is 62.9 Å². The van der Waals surface area contributed by atoms with Crippen LogP contribution in [0, 0.1) is 13.8 Å². The van der Waals surface area contributed by atoms with Crippen LogP contribution in [0.25, 0.3) is 0 Å². The molecule has 0 bridgehead atoms. The van der Waals surface area contributed by atoms with Crippen molar-refractivity contribution in [2.45, 2.75) is 39.2 Å². The minimum Gasteiger partial charge on any atom is -0.384 e. The molecule has 2 nitrogen and oxygen atoms in total. The average molecular weight is 230 g/mol. The molecule has 1 atom stereocenters. The van der Waals surface area contributed by atoms with Crippen LogP contribution in [-0.2, 0) is 0 Å². The first kappa shape index (κ1) is 11.1. The van der Waals surface area contributed by atoms with E-state index in [1.165, 1.54) is 54.7 Å². The van der Waals surface area contributed by atoms with Gasteiger partial charge in [0.05, 0.1) is 0 Å². The van der Waals surface area contributed by atoms with Gasteiger partial charge in [-0.3, -0.25) is 4.90 Å². The molecule has 1 saturated heterocycles. The SMILES string of the molecule is Cc1ccc2c(c1C)NCCC2N1CCCC1. The molecule has 0 amide bonds. The molecule has 0 aromatic heterocycles. The standard InChI is InChI=1S/C15H22N2/c1-11-5-6-13-14(17-9-3-4-10-17)7-8-16-15(13)12(11)2/h5-6,14,16H,3-4,7-10H2,1-2H3. The number of nitrogens with zero attached hydrogens (tertiary/aromatic N) is 1. The lowest BCUT2D eigenvalue weighted by atomic mass is 9.92. The second kappa shape index (κ2) is 4.34. The van der Waals surface area contributed by atoms with E-state index >= 15 is 0 Å². The van der Waals surface area contributed by atoms with E-state index < -0.39 is 0 Å². The van der Waals surface area contributed by atoms with Crippen molar-refractivity contribution in [3.8, 4) is 0 Å². The van der Waals surface area contributed by atoms with Crippen molar-refractivity contribution in [3.63, 3.8) is 0 Å². The van der Waals surface area contributed by atoms with E-state index in [1.54, 1.807) is 0 Å². The summed E-state index contributed by atoms with van der Waals surface area (Å²) in [6.45, 7) is 8.15. The lowest BCUT2D eigenvalue weighted by molar-refractivity contribution is 0.234. The Kier molecular flexibility index (Phi) is 2.83. The summed E-state index contributed by atoms with van der Waals surface area (Å²) in [6, 6.07) is 5.28. The van der Waals surface area contributed by atoms with Crippen molar-refractivity contribution in [2.75, 3.05) is 25.0 Å². The highest BCUT2D eigenvalue weighted by Crippen LogP contribution is 2.38. The molecule has 3 rings (SSSR count). The summed E-state index contributed by atoms with van der Waals surface area (Å²) >= 11 is 0. The minimum absolute atomic E-state index is 0.660. The number of fused-ring (bicyclic) bond motifs is 1. The van der Waals surface area contributed by atoms with Crippen molar-refractivity contribution < 1.29 is 0 Å². The first-order valence-corrected chi connectivity index (χ1v) is 6.85. The normalized spacial score (nSPS) is 24.5. The number of likely N-dealkylation sites (tertiary alicyclic amines) is 1. The van der Waals surface area contributed by atoms with Gasteiger partial charge < -0.3 is 5.32 Å². The lowest BCUT2D eigenvalue weighted by Gasteiger charge is -2.34. The summed E-state index contributed by atoms with van der Waals surface area (Å²) in [5, 5.41) is 3.60. The summed E-state index contributed by atoms with van der Waals surface area (Å²) in [4.78, 5) is 2.68. The maximum Gasteiger partial charge on any atom is 0.0421 e. The predicted octanol–water partition coefficient (Wildman–Crippen LogP) is 3.26. The van der Waals surface area contributed by atoms with Gasteiger partial charge in [-0.15, -0.1) is 0 Å². The summed E-state index contributed by atoms with van der Waals surface area (Å²) < 4.78 is 0. The second-order valence-corrected chi connectivity index (χ2v) is 5.45. The molecule has 1 unspecified atom stereocenters. The number of nitrogens with one attached hydrogen (secondary N) is 1. The van der Waals surface area contributed by atoms with Crippen LogP contribution in [0.1, 0.15) is 42.0 Å². The number of hydrogen-bond donors (Lipinski definition) is 1. The first-order valence-electron chi connectivity index (χ1n) is 6.85. The molecule has 17 heavy (non-hydrogen) atoms. The van der Waals surface area contributed by atoms with Crippen molar-refractivity contribution in [2.24, 2.45) is 0 Å². The van der Waals surface area contributed by atoms with Crippen LogP contribution in [0.3, 0.4) is 0 Å². The predicted molar refractivity (Wildman–Crippen MR) is 72.6 cm³/mol. The average Bonchev–Trinajstić information content (AvgIpc) is 2.87. The largest absolute Gasteiger partial charge is 0.384 e. The molecule has 2 heteroatoms. The Labute approximate surface area is 104 Å². The molecule has 1 aromatic rings. The van der Waals surface area contributed by atoms with Crippen LogP contribution >= 0.6 is 0 Å². The zero-order chi connectivity index (χ0) is 11.8. The molecular formula is C15H22N2. The molecule has 2 aliphatic rings. The van der Waals surface area contributed by atoms with Crippen molar-refractivity contribution in [3.05, 3.63) is 28.8 Å². The Bertz CT molecular complexity index is 419. The van der Waals surface area contributed by atoms with Gasteiger partial charge in [0.15, 0.2) is 0 Å². The van der Waals surface area contributed by atoms with Crippen LogP contribution in [0.2, 0.25) is 0 Å². The Hall–Kier alpha value is -1.02. The Morgan fingerprint density at radius 2 is 1.94 bits per heavy atom. The lowest BCUT2D eigenvalue weighted by Crippen LogP contribution is -2.31. The maximum atomic E-state index is 3.60. The van der Waals surface area contributed by atoms with Gasteiger partial charge >= 0.3 is 0 Å². The fourth-order valence-electron chi connectivity index (χ4n) is 3.27. The van der Waals surface area contributed by atoms with Gasteiger partial charge in [0, 0.05) is 18.3 Å². The quantitative estimate of drug-likeness (QED) is 0.796. The summed E-state index contributed by atoms with van der Waals surface area (Å²) in [6.07, 6.45) is 4.02. The zero-order valence-electron chi connectivity index (χ0n) is 10.9. The first-order chi connectivity index (χ1) is 8.27. The Morgan fingerprint density at radius 3 is 2.71 bits per heavy atom. The van der Waals surface area contributed by atoms with E-state index in [4.69, 9.17) is 0 Å². The van der Waals surface area contributed by atoms with Crippen LogP contribution in [0.15, 0.2) is 12.1 Å². The highest BCUT2D eigenvalue weighted by molar-refractivity contribution is 5.62. The fraction of sp³-hybridized carbons (Fsp3) is 0.600. The van der Waals surface area contributed by atoms with Gasteiger partial charge in [-0.2, -0.15) is 0 Å². The van der Waals surface area contributed by atoms with E-state index in [9.17, 15) is 0 Å². The molecule has 1 aromatic carbocycles. The van der Waals surface area contributed by atoms with E-state index in [1.807, 2.05) is 0 Å². The summed E-state index contributed by atoms with van der Waals surface area (Å²) in [5.74, 6) is 0. The van der Waals surface area contributed by atoms with Crippen LogP contribution in [0.5, 0.6) is 0 Å². The zero-order valence-corrected chi connectivity index (χ0v) is 10.9. The smallest absolute Gasteiger partial charge is 0.0421 e. The molecule has 92 valence electrons. The van der Waals surface area contributed by atoms with Crippen molar-refractivity contribution in [1.82, 2.24) is 4.90 Å². The third-order valence-electron chi connectivity index (χ3n) is 4.43. The third kappa shape index (κ3) is 1.85. The number of anilines is 1. The molecule has 2 heterocycles. The number of benzene rings is 1. The highest BCUT2D eigenvalue weighted by Gasteiger charge is 2.28. The molecule has 1 fully saturated rings. The molecule has 1 N–H and O–H groups in total. The second-order valence-electron chi connectivity index (χ2n) is 5.45. The van der Waals surface area contributed by atoms with E-state index in [2.05, 4.69) is 36.2 Å². The minimum atomic E-state index is 0.660. The molecule has 0 aliphatic carbocycles. The number of rotatable bonds is 1. The molecule has 0 radical (unpaired) electrons. The molecule has 0 saturated carbocycles. The van der Waals surface area contributed by atoms with Crippen molar-refractivity contribution in [1.29, 1.82) is 0 Å². The number of aryl methyl sites for hydroxylation is 1. The Balaban J connectivity index is 1.99. The number of hydrogen-bond acceptors (Lipinski definition) is 2. The van der Waals surface area contributed by atoms with Gasteiger partial charge in [0.1, 0.15) is 0 Å². The summed E-state index contributed by atoms with van der Waals surface area (Å²) in [5.41, 5.74) is 5.78. The van der Waals surface area contributed by atoms with E-state index in [-0.39, 0.29) is 0 Å².